The lowest BCUT2D eigenvalue weighted by molar-refractivity contribution is 0.1000. The lowest BCUT2D eigenvalue weighted by Crippen LogP contribution is -2.43. The maximum absolute atomic E-state index is 11.6. The number of carbonyl (C=O) groups excluding carboxylic acids is 1. The zero-order chi connectivity index (χ0) is 19.2. The number of anilines is 1. The minimum atomic E-state index is -0.433. The molecule has 1 aromatic carbocycles. The second-order valence-electron chi connectivity index (χ2n) is 6.91. The summed E-state index contributed by atoms with van der Waals surface area (Å²) in [6.45, 7) is 7.36. The van der Waals surface area contributed by atoms with Gasteiger partial charge in [0.05, 0.1) is 6.61 Å². The third-order valence-electron chi connectivity index (χ3n) is 4.98. The summed E-state index contributed by atoms with van der Waals surface area (Å²) in [6, 6.07) is 10.1. The summed E-state index contributed by atoms with van der Waals surface area (Å²) in [5, 5.41) is 3.41. The van der Waals surface area contributed by atoms with Crippen molar-refractivity contribution in [2.75, 3.05) is 24.6 Å². The Bertz CT molecular complexity index is 788. The second-order valence-corrected chi connectivity index (χ2v) is 6.91. The molecule has 27 heavy (non-hydrogen) atoms. The van der Waals surface area contributed by atoms with E-state index in [1.807, 2.05) is 6.92 Å². The molecular formula is C21H28N4O2. The van der Waals surface area contributed by atoms with Gasteiger partial charge in [0, 0.05) is 24.3 Å². The first-order valence-electron chi connectivity index (χ1n) is 9.54. The van der Waals surface area contributed by atoms with Crippen molar-refractivity contribution in [1.82, 2.24) is 10.3 Å². The predicted molar refractivity (Wildman–Crippen MR) is 107 cm³/mol. The molecular weight excluding hydrogens is 340 g/mol. The van der Waals surface area contributed by atoms with Crippen molar-refractivity contribution in [2.24, 2.45) is 5.73 Å². The van der Waals surface area contributed by atoms with Crippen molar-refractivity contribution in [3.05, 3.63) is 53.2 Å². The molecule has 1 aliphatic heterocycles. The molecule has 3 N–H and O–H groups in total. The number of benzene rings is 1. The number of pyridine rings is 1. The number of carbonyl (C=O) groups is 1. The number of nitrogens with two attached hydrogens (primary N) is 1. The molecule has 1 fully saturated rings. The van der Waals surface area contributed by atoms with Crippen molar-refractivity contribution in [2.45, 2.75) is 39.3 Å². The third-order valence-corrected chi connectivity index (χ3v) is 4.98. The molecule has 2 aromatic rings. The van der Waals surface area contributed by atoms with Crippen LogP contribution in [0.15, 0.2) is 36.5 Å². The Kier molecular flexibility index (Phi) is 6.29. The fourth-order valence-electron chi connectivity index (χ4n) is 3.49. The van der Waals surface area contributed by atoms with Crippen LogP contribution >= 0.6 is 0 Å². The number of hydrogen-bond donors (Lipinski definition) is 2. The Morgan fingerprint density at radius 1 is 1.30 bits per heavy atom. The second kappa shape index (κ2) is 8.86. The average molecular weight is 368 g/mol. The van der Waals surface area contributed by atoms with Gasteiger partial charge in [-0.1, -0.05) is 12.1 Å². The van der Waals surface area contributed by atoms with Crippen LogP contribution in [0.3, 0.4) is 0 Å². The minimum Gasteiger partial charge on any atom is -0.494 e. The van der Waals surface area contributed by atoms with Gasteiger partial charge in [0.2, 0.25) is 5.91 Å². The molecule has 1 aliphatic rings. The Hall–Kier alpha value is -2.60. The molecule has 144 valence electrons. The molecule has 1 amide bonds. The summed E-state index contributed by atoms with van der Waals surface area (Å²) in [5.74, 6) is 1.27. The summed E-state index contributed by atoms with van der Waals surface area (Å²) in [5.41, 5.74) is 8.24. The van der Waals surface area contributed by atoms with E-state index in [4.69, 9.17) is 10.5 Å². The summed E-state index contributed by atoms with van der Waals surface area (Å²) in [7, 11) is 0. The molecule has 0 bridgehead atoms. The Morgan fingerprint density at radius 3 is 2.78 bits per heavy atom. The van der Waals surface area contributed by atoms with Gasteiger partial charge in [-0.25, -0.2) is 4.98 Å². The summed E-state index contributed by atoms with van der Waals surface area (Å²) < 4.78 is 5.76. The normalized spacial score (nSPS) is 14.7. The SMILES string of the molecule is CCOc1cc(CN(c2cc(C(N)=O)ccn2)C2CCNCC2)ccc1C. The van der Waals surface area contributed by atoms with Crippen LogP contribution in [0.25, 0.3) is 0 Å². The van der Waals surface area contributed by atoms with Crippen molar-refractivity contribution in [3.8, 4) is 5.75 Å². The van der Waals surface area contributed by atoms with Crippen molar-refractivity contribution in [3.63, 3.8) is 0 Å². The van der Waals surface area contributed by atoms with Crippen LogP contribution in [-0.4, -0.2) is 36.6 Å². The van der Waals surface area contributed by atoms with Gasteiger partial charge in [0.15, 0.2) is 0 Å². The highest BCUT2D eigenvalue weighted by molar-refractivity contribution is 5.93. The first kappa shape index (κ1) is 19.2. The van der Waals surface area contributed by atoms with Crippen LogP contribution < -0.4 is 20.7 Å². The lowest BCUT2D eigenvalue weighted by Gasteiger charge is -2.36. The number of ether oxygens (including phenoxy) is 1. The van der Waals surface area contributed by atoms with E-state index in [1.54, 1.807) is 18.3 Å². The topological polar surface area (TPSA) is 80.5 Å². The van der Waals surface area contributed by atoms with Gasteiger partial charge in [-0.15, -0.1) is 0 Å². The van der Waals surface area contributed by atoms with Crippen LogP contribution in [0.1, 0.15) is 41.3 Å². The lowest BCUT2D eigenvalue weighted by atomic mass is 10.0. The Balaban J connectivity index is 1.92. The van der Waals surface area contributed by atoms with Gasteiger partial charge < -0.3 is 20.7 Å². The van der Waals surface area contributed by atoms with Crippen LogP contribution in [0, 0.1) is 6.92 Å². The maximum atomic E-state index is 11.6. The monoisotopic (exact) mass is 368 g/mol. The van der Waals surface area contributed by atoms with E-state index in [9.17, 15) is 4.79 Å². The first-order valence-corrected chi connectivity index (χ1v) is 9.54. The molecule has 0 aliphatic carbocycles. The molecule has 1 aromatic heterocycles. The molecule has 0 radical (unpaired) electrons. The highest BCUT2D eigenvalue weighted by Crippen LogP contribution is 2.26. The highest BCUT2D eigenvalue weighted by atomic mass is 16.5. The third kappa shape index (κ3) is 4.77. The number of rotatable bonds is 7. The minimum absolute atomic E-state index is 0.360. The van der Waals surface area contributed by atoms with Crippen LogP contribution in [0.4, 0.5) is 5.82 Å². The fourth-order valence-corrected chi connectivity index (χ4v) is 3.49. The largest absolute Gasteiger partial charge is 0.494 e. The highest BCUT2D eigenvalue weighted by Gasteiger charge is 2.23. The molecule has 6 heteroatoms. The van der Waals surface area contributed by atoms with E-state index >= 15 is 0 Å². The van der Waals surface area contributed by atoms with Gasteiger partial charge >= 0.3 is 0 Å². The maximum Gasteiger partial charge on any atom is 0.248 e. The molecule has 0 saturated carbocycles. The fraction of sp³-hybridized carbons (Fsp3) is 0.429. The number of aromatic nitrogens is 1. The number of hydrogen-bond acceptors (Lipinski definition) is 5. The van der Waals surface area contributed by atoms with E-state index in [0.29, 0.717) is 24.8 Å². The quantitative estimate of drug-likeness (QED) is 0.785. The predicted octanol–water partition coefficient (Wildman–Crippen LogP) is 2.65. The van der Waals surface area contributed by atoms with Gasteiger partial charge in [0.25, 0.3) is 0 Å². The standard InChI is InChI=1S/C21H28N4O2/c1-3-27-19-12-16(5-4-15(19)2)14-25(18-7-9-23-10-8-18)20-13-17(21(22)26)6-11-24-20/h4-6,11-13,18,23H,3,7-10,14H2,1-2H3,(H2,22,26). The molecule has 2 heterocycles. The van der Waals surface area contributed by atoms with Gasteiger partial charge in [-0.05, 0) is 69.1 Å². The van der Waals surface area contributed by atoms with E-state index in [1.165, 1.54) is 0 Å². The Morgan fingerprint density at radius 2 is 2.07 bits per heavy atom. The molecule has 1 saturated heterocycles. The molecule has 0 atom stereocenters. The number of nitrogens with one attached hydrogen (secondary N) is 1. The van der Waals surface area contributed by atoms with Crippen molar-refractivity contribution >= 4 is 11.7 Å². The summed E-state index contributed by atoms with van der Waals surface area (Å²) >= 11 is 0. The average Bonchev–Trinajstić information content (AvgIpc) is 2.69. The summed E-state index contributed by atoms with van der Waals surface area (Å²) in [4.78, 5) is 18.4. The van der Waals surface area contributed by atoms with E-state index in [2.05, 4.69) is 40.3 Å². The zero-order valence-corrected chi connectivity index (χ0v) is 16.1. The van der Waals surface area contributed by atoms with E-state index in [0.717, 1.165) is 48.6 Å². The van der Waals surface area contributed by atoms with Crippen LogP contribution in [-0.2, 0) is 6.54 Å². The molecule has 0 spiro atoms. The number of piperidine rings is 1. The number of aryl methyl sites for hydroxylation is 1. The molecule has 3 rings (SSSR count). The first-order chi connectivity index (χ1) is 13.1. The number of nitrogens with zero attached hydrogens (tertiary/aromatic N) is 2. The molecule has 0 unspecified atom stereocenters. The zero-order valence-electron chi connectivity index (χ0n) is 16.1. The number of amides is 1. The van der Waals surface area contributed by atoms with Gasteiger partial charge in [0.1, 0.15) is 11.6 Å². The van der Waals surface area contributed by atoms with Crippen LogP contribution in [0.2, 0.25) is 0 Å². The van der Waals surface area contributed by atoms with Gasteiger partial charge in [-0.3, -0.25) is 4.79 Å². The Labute approximate surface area is 160 Å². The van der Waals surface area contributed by atoms with E-state index in [-0.39, 0.29) is 0 Å². The van der Waals surface area contributed by atoms with E-state index < -0.39 is 5.91 Å². The summed E-state index contributed by atoms with van der Waals surface area (Å²) in [6.07, 6.45) is 3.73. The van der Waals surface area contributed by atoms with Crippen LogP contribution in [0.5, 0.6) is 5.75 Å². The molecule has 6 nitrogen and oxygen atoms in total. The van der Waals surface area contributed by atoms with Crippen molar-refractivity contribution in [1.29, 1.82) is 0 Å². The number of primary amides is 1. The van der Waals surface area contributed by atoms with Crippen molar-refractivity contribution < 1.29 is 9.53 Å². The van der Waals surface area contributed by atoms with Gasteiger partial charge in [-0.2, -0.15) is 0 Å². The smallest absolute Gasteiger partial charge is 0.248 e.